The Bertz CT molecular complexity index is 583. The summed E-state index contributed by atoms with van der Waals surface area (Å²) < 4.78 is 5.93. The Kier molecular flexibility index (Phi) is 3.76. The van der Waals surface area contributed by atoms with E-state index in [1.54, 1.807) is 6.92 Å². The molecule has 4 heteroatoms. The molecular weight excluding hydrogens is 260 g/mol. The Hall–Kier alpha value is -1.61. The van der Waals surface area contributed by atoms with Gasteiger partial charge in [-0.2, -0.15) is 4.98 Å². The molecule has 1 aromatic carbocycles. The zero-order chi connectivity index (χ0) is 14.2. The fourth-order valence-electron chi connectivity index (χ4n) is 1.88. The van der Waals surface area contributed by atoms with Crippen molar-refractivity contribution in [1.82, 2.24) is 9.97 Å². The summed E-state index contributed by atoms with van der Waals surface area (Å²) in [5.74, 6) is 1.94. The number of halogens is 1. The summed E-state index contributed by atoms with van der Waals surface area (Å²) in [6.07, 6.45) is 0. The predicted molar refractivity (Wildman–Crippen MR) is 77.2 cm³/mol. The average Bonchev–Trinajstić information content (AvgIpc) is 2.31. The normalized spacial score (nSPS) is 10.6. The van der Waals surface area contributed by atoms with Crippen molar-refractivity contribution in [1.29, 1.82) is 0 Å². The van der Waals surface area contributed by atoms with E-state index >= 15 is 0 Å². The van der Waals surface area contributed by atoms with Gasteiger partial charge >= 0.3 is 0 Å². The largest absolute Gasteiger partial charge is 0.438 e. The SMILES string of the molecule is Cc1cc(C)c(C)c(Oc2nc(C)nc(Cl)c2C)c1. The van der Waals surface area contributed by atoms with Gasteiger partial charge in [-0.1, -0.05) is 17.7 Å². The van der Waals surface area contributed by atoms with Crippen LogP contribution in [0.2, 0.25) is 5.15 Å². The van der Waals surface area contributed by atoms with Crippen LogP contribution in [0.4, 0.5) is 0 Å². The standard InChI is InChI=1S/C15H17ClN2O/c1-8-6-9(2)10(3)13(7-8)19-15-11(4)14(16)17-12(5)18-15/h6-7H,1-5H3. The first-order valence-corrected chi connectivity index (χ1v) is 6.52. The number of aromatic nitrogens is 2. The van der Waals surface area contributed by atoms with Crippen LogP contribution >= 0.6 is 11.6 Å². The van der Waals surface area contributed by atoms with Crippen LogP contribution in [0.3, 0.4) is 0 Å². The number of ether oxygens (including phenoxy) is 1. The maximum Gasteiger partial charge on any atom is 0.226 e. The van der Waals surface area contributed by atoms with Crippen LogP contribution in [0.5, 0.6) is 11.6 Å². The van der Waals surface area contributed by atoms with Crippen molar-refractivity contribution in [2.45, 2.75) is 34.6 Å². The van der Waals surface area contributed by atoms with Crippen molar-refractivity contribution in [3.05, 3.63) is 45.4 Å². The minimum Gasteiger partial charge on any atom is -0.438 e. The fraction of sp³-hybridized carbons (Fsp3) is 0.333. The lowest BCUT2D eigenvalue weighted by Gasteiger charge is -2.13. The minimum atomic E-state index is 0.435. The van der Waals surface area contributed by atoms with E-state index in [1.165, 1.54) is 5.56 Å². The van der Waals surface area contributed by atoms with Crippen molar-refractivity contribution in [2.24, 2.45) is 0 Å². The monoisotopic (exact) mass is 276 g/mol. The van der Waals surface area contributed by atoms with Gasteiger partial charge in [0, 0.05) is 5.56 Å². The lowest BCUT2D eigenvalue weighted by Crippen LogP contribution is -1.99. The molecule has 1 heterocycles. The fourth-order valence-corrected chi connectivity index (χ4v) is 2.08. The molecule has 0 aliphatic rings. The van der Waals surface area contributed by atoms with E-state index in [1.807, 2.05) is 26.8 Å². The van der Waals surface area contributed by atoms with Crippen LogP contribution in [-0.2, 0) is 0 Å². The van der Waals surface area contributed by atoms with Gasteiger partial charge in [0.15, 0.2) is 0 Å². The Morgan fingerprint density at radius 1 is 0.947 bits per heavy atom. The zero-order valence-electron chi connectivity index (χ0n) is 11.8. The maximum atomic E-state index is 6.06. The average molecular weight is 277 g/mol. The minimum absolute atomic E-state index is 0.435. The lowest BCUT2D eigenvalue weighted by molar-refractivity contribution is 0.451. The molecule has 0 aliphatic carbocycles. The molecule has 2 rings (SSSR count). The molecule has 0 unspecified atom stereocenters. The Morgan fingerprint density at radius 2 is 1.63 bits per heavy atom. The van der Waals surface area contributed by atoms with Gasteiger partial charge in [-0.25, -0.2) is 4.98 Å². The predicted octanol–water partition coefficient (Wildman–Crippen LogP) is 4.46. The summed E-state index contributed by atoms with van der Waals surface area (Å²) in [4.78, 5) is 8.42. The van der Waals surface area contributed by atoms with Crippen LogP contribution in [-0.4, -0.2) is 9.97 Å². The van der Waals surface area contributed by atoms with Gasteiger partial charge in [0.1, 0.15) is 16.7 Å². The van der Waals surface area contributed by atoms with Crippen molar-refractivity contribution in [2.75, 3.05) is 0 Å². The Morgan fingerprint density at radius 3 is 2.32 bits per heavy atom. The molecular formula is C15H17ClN2O. The van der Waals surface area contributed by atoms with Crippen molar-refractivity contribution in [3.8, 4) is 11.6 Å². The second-order valence-corrected chi connectivity index (χ2v) is 5.16. The number of hydrogen-bond acceptors (Lipinski definition) is 3. The van der Waals surface area contributed by atoms with E-state index in [4.69, 9.17) is 16.3 Å². The quantitative estimate of drug-likeness (QED) is 0.760. The first kappa shape index (κ1) is 13.8. The van der Waals surface area contributed by atoms with Gasteiger partial charge in [-0.3, -0.25) is 0 Å². The summed E-state index contributed by atoms with van der Waals surface area (Å²) in [6, 6.07) is 4.14. The van der Waals surface area contributed by atoms with Crippen molar-refractivity contribution in [3.63, 3.8) is 0 Å². The maximum absolute atomic E-state index is 6.06. The van der Waals surface area contributed by atoms with Crippen molar-refractivity contribution < 1.29 is 4.74 Å². The van der Waals surface area contributed by atoms with E-state index in [9.17, 15) is 0 Å². The summed E-state index contributed by atoms with van der Waals surface area (Å²) in [7, 11) is 0. The van der Waals surface area contributed by atoms with Crippen LogP contribution in [0, 0.1) is 34.6 Å². The molecule has 0 saturated carbocycles. The summed E-state index contributed by atoms with van der Waals surface area (Å²) in [5, 5.41) is 0.435. The van der Waals surface area contributed by atoms with Gasteiger partial charge < -0.3 is 4.74 Å². The third-order valence-electron chi connectivity index (χ3n) is 3.12. The highest BCUT2D eigenvalue weighted by Gasteiger charge is 2.12. The molecule has 0 aliphatic heterocycles. The number of aryl methyl sites for hydroxylation is 3. The third kappa shape index (κ3) is 2.87. The molecule has 1 aromatic heterocycles. The van der Waals surface area contributed by atoms with E-state index in [2.05, 4.69) is 23.0 Å². The van der Waals surface area contributed by atoms with Gasteiger partial charge in [0.25, 0.3) is 0 Å². The molecule has 100 valence electrons. The van der Waals surface area contributed by atoms with Crippen LogP contribution in [0.15, 0.2) is 12.1 Å². The van der Waals surface area contributed by atoms with Crippen LogP contribution in [0.25, 0.3) is 0 Å². The molecule has 19 heavy (non-hydrogen) atoms. The molecule has 0 bridgehead atoms. The highest BCUT2D eigenvalue weighted by molar-refractivity contribution is 6.30. The third-order valence-corrected chi connectivity index (χ3v) is 3.49. The number of benzene rings is 1. The van der Waals surface area contributed by atoms with E-state index < -0.39 is 0 Å². The summed E-state index contributed by atoms with van der Waals surface area (Å²) in [6.45, 7) is 9.81. The Labute approximate surface area is 118 Å². The summed E-state index contributed by atoms with van der Waals surface area (Å²) >= 11 is 6.06. The number of rotatable bonds is 2. The molecule has 0 atom stereocenters. The highest BCUT2D eigenvalue weighted by atomic mass is 35.5. The smallest absolute Gasteiger partial charge is 0.226 e. The molecule has 0 saturated heterocycles. The Balaban J connectivity index is 2.47. The first-order chi connectivity index (χ1) is 8.88. The van der Waals surface area contributed by atoms with Gasteiger partial charge in [0.2, 0.25) is 5.88 Å². The van der Waals surface area contributed by atoms with Gasteiger partial charge in [-0.05, 0) is 57.4 Å². The first-order valence-electron chi connectivity index (χ1n) is 6.15. The van der Waals surface area contributed by atoms with E-state index in [-0.39, 0.29) is 0 Å². The molecule has 0 fully saturated rings. The number of nitrogens with zero attached hydrogens (tertiary/aromatic N) is 2. The van der Waals surface area contributed by atoms with Crippen molar-refractivity contribution >= 4 is 11.6 Å². The van der Waals surface area contributed by atoms with Gasteiger partial charge in [-0.15, -0.1) is 0 Å². The molecule has 0 radical (unpaired) electrons. The van der Waals surface area contributed by atoms with Crippen LogP contribution < -0.4 is 4.74 Å². The molecule has 0 N–H and O–H groups in total. The van der Waals surface area contributed by atoms with E-state index in [0.717, 1.165) is 22.4 Å². The molecule has 3 nitrogen and oxygen atoms in total. The zero-order valence-corrected chi connectivity index (χ0v) is 12.6. The summed E-state index contributed by atoms with van der Waals surface area (Å²) in [5.41, 5.74) is 4.22. The molecule has 0 amide bonds. The second-order valence-electron chi connectivity index (χ2n) is 4.80. The van der Waals surface area contributed by atoms with Crippen LogP contribution in [0.1, 0.15) is 28.1 Å². The lowest BCUT2D eigenvalue weighted by atomic mass is 10.1. The van der Waals surface area contributed by atoms with E-state index in [0.29, 0.717) is 16.9 Å². The molecule has 2 aromatic rings. The highest BCUT2D eigenvalue weighted by Crippen LogP contribution is 2.31. The molecule has 0 spiro atoms. The topological polar surface area (TPSA) is 35.0 Å². The second kappa shape index (κ2) is 5.17. The van der Waals surface area contributed by atoms with Gasteiger partial charge in [0.05, 0.1) is 0 Å². The number of hydrogen-bond donors (Lipinski definition) is 0.